The Bertz CT molecular complexity index is 1370. The van der Waals surface area contributed by atoms with Crippen LogP contribution in [0.3, 0.4) is 0 Å². The Kier molecular flexibility index (Phi) is 5.92. The fraction of sp³-hybridized carbons (Fsp3) is 0. The van der Waals surface area contributed by atoms with E-state index in [2.05, 4.69) is 10.2 Å². The Hall–Kier alpha value is -2.49. The second kappa shape index (κ2) is 8.10. The Balaban J connectivity index is 0.00000240. The quantitative estimate of drug-likeness (QED) is 0.258. The van der Waals surface area contributed by atoms with Crippen molar-refractivity contribution >= 4 is 72.6 Å². The number of benzene rings is 4. The van der Waals surface area contributed by atoms with E-state index in [9.17, 15) is 23.2 Å². The zero-order valence-corrected chi connectivity index (χ0v) is 15.1. The number of rotatable bonds is 3. The molecular formula is C20H15N2NaO5S. The molecule has 0 saturated heterocycles. The average molecular weight is 418 g/mol. The molecule has 4 aromatic rings. The van der Waals surface area contributed by atoms with Gasteiger partial charge in [0.15, 0.2) is 0 Å². The van der Waals surface area contributed by atoms with Crippen molar-refractivity contribution in [1.29, 1.82) is 0 Å². The predicted molar refractivity (Wildman–Crippen MR) is 112 cm³/mol. The third-order valence-electron chi connectivity index (χ3n) is 4.37. The van der Waals surface area contributed by atoms with Gasteiger partial charge < -0.3 is 10.2 Å². The van der Waals surface area contributed by atoms with Crippen LogP contribution >= 0.6 is 0 Å². The average Bonchev–Trinajstić information content (AvgIpc) is 2.67. The van der Waals surface area contributed by atoms with Gasteiger partial charge in [-0.3, -0.25) is 4.55 Å². The summed E-state index contributed by atoms with van der Waals surface area (Å²) < 4.78 is 32.7. The van der Waals surface area contributed by atoms with Crippen LogP contribution < -0.4 is 0 Å². The van der Waals surface area contributed by atoms with Gasteiger partial charge in [-0.15, -0.1) is 10.2 Å². The molecule has 0 aliphatic rings. The molecule has 0 saturated carbocycles. The number of phenolic OH excluding ortho intramolecular Hbond substituents is 2. The topological polar surface area (TPSA) is 120 Å². The molecule has 9 heteroatoms. The summed E-state index contributed by atoms with van der Waals surface area (Å²) in [6.07, 6.45) is 0. The summed E-state index contributed by atoms with van der Waals surface area (Å²) >= 11 is 0. The van der Waals surface area contributed by atoms with Gasteiger partial charge in [0, 0.05) is 22.2 Å². The number of aromatic hydroxyl groups is 2. The number of hydrogen-bond acceptors (Lipinski definition) is 6. The van der Waals surface area contributed by atoms with Crippen LogP contribution in [0.5, 0.6) is 11.5 Å². The van der Waals surface area contributed by atoms with Crippen molar-refractivity contribution in [3.8, 4) is 11.5 Å². The molecule has 142 valence electrons. The minimum atomic E-state index is -4.54. The third-order valence-corrected chi connectivity index (χ3v) is 5.26. The second-order valence-corrected chi connectivity index (χ2v) is 7.51. The molecule has 0 bridgehead atoms. The number of fused-ring (bicyclic) bond motifs is 2. The molecule has 0 fully saturated rings. The zero-order chi connectivity index (χ0) is 19.9. The molecule has 0 aliphatic carbocycles. The summed E-state index contributed by atoms with van der Waals surface area (Å²) in [5.41, 5.74) is 0.246. The first-order chi connectivity index (χ1) is 13.4. The number of phenols is 2. The maximum atomic E-state index is 11.6. The van der Waals surface area contributed by atoms with E-state index in [1.807, 2.05) is 12.1 Å². The molecule has 0 aromatic heterocycles. The van der Waals surface area contributed by atoms with E-state index < -0.39 is 20.8 Å². The van der Waals surface area contributed by atoms with E-state index in [1.165, 1.54) is 12.1 Å². The normalized spacial score (nSPS) is 11.8. The first kappa shape index (κ1) is 21.2. The molecule has 7 nitrogen and oxygen atoms in total. The summed E-state index contributed by atoms with van der Waals surface area (Å²) in [5, 5.41) is 30.7. The fourth-order valence-corrected chi connectivity index (χ4v) is 3.80. The van der Waals surface area contributed by atoms with Crippen LogP contribution in [0.1, 0.15) is 0 Å². The summed E-state index contributed by atoms with van der Waals surface area (Å²) in [7, 11) is -4.54. The molecule has 4 rings (SSSR count). The second-order valence-electron chi connectivity index (χ2n) is 6.12. The molecule has 29 heavy (non-hydrogen) atoms. The summed E-state index contributed by atoms with van der Waals surface area (Å²) in [5.74, 6) is -0.546. The van der Waals surface area contributed by atoms with Crippen molar-refractivity contribution in [3.63, 3.8) is 0 Å². The van der Waals surface area contributed by atoms with E-state index >= 15 is 0 Å². The summed E-state index contributed by atoms with van der Waals surface area (Å²) in [6, 6.07) is 17.8. The Morgan fingerprint density at radius 1 is 0.690 bits per heavy atom. The molecule has 0 aliphatic heterocycles. The molecule has 0 spiro atoms. The van der Waals surface area contributed by atoms with Gasteiger partial charge >= 0.3 is 29.6 Å². The minimum absolute atomic E-state index is 0. The van der Waals surface area contributed by atoms with Crippen LogP contribution in [0.25, 0.3) is 21.5 Å². The van der Waals surface area contributed by atoms with Crippen molar-refractivity contribution in [2.24, 2.45) is 10.2 Å². The van der Waals surface area contributed by atoms with Gasteiger partial charge in [-0.1, -0.05) is 54.6 Å². The number of hydrogen-bond donors (Lipinski definition) is 3. The molecule has 0 atom stereocenters. The van der Waals surface area contributed by atoms with E-state index in [4.69, 9.17) is 0 Å². The van der Waals surface area contributed by atoms with Crippen molar-refractivity contribution < 1.29 is 23.2 Å². The van der Waals surface area contributed by atoms with Gasteiger partial charge in [-0.05, 0) is 11.5 Å². The molecule has 4 aromatic carbocycles. The zero-order valence-electron chi connectivity index (χ0n) is 14.3. The van der Waals surface area contributed by atoms with Gasteiger partial charge in [-0.25, -0.2) is 0 Å². The fourth-order valence-electron chi connectivity index (χ4n) is 3.08. The van der Waals surface area contributed by atoms with Crippen LogP contribution in [-0.4, -0.2) is 52.7 Å². The van der Waals surface area contributed by atoms with Crippen molar-refractivity contribution in [3.05, 3.63) is 66.7 Å². The van der Waals surface area contributed by atoms with Crippen LogP contribution in [0.4, 0.5) is 11.4 Å². The summed E-state index contributed by atoms with van der Waals surface area (Å²) in [6.45, 7) is 0. The molecular weight excluding hydrogens is 403 g/mol. The van der Waals surface area contributed by atoms with Gasteiger partial charge in [0.2, 0.25) is 0 Å². The SMILES string of the molecule is O=S(=O)(O)c1cc(O)c(N=Nc2c(O)ccc3ccccc23)c2ccccc12.[NaH]. The first-order valence-electron chi connectivity index (χ1n) is 8.21. The van der Waals surface area contributed by atoms with E-state index in [1.54, 1.807) is 36.4 Å². The maximum absolute atomic E-state index is 11.6. The Morgan fingerprint density at radius 3 is 1.90 bits per heavy atom. The predicted octanol–water partition coefficient (Wildman–Crippen LogP) is 4.42. The number of nitrogens with zero attached hydrogens (tertiary/aromatic N) is 2. The molecule has 0 heterocycles. The molecule has 0 unspecified atom stereocenters. The van der Waals surface area contributed by atoms with E-state index in [0.29, 0.717) is 10.8 Å². The van der Waals surface area contributed by atoms with Gasteiger partial charge in [0.1, 0.15) is 27.8 Å². The van der Waals surface area contributed by atoms with E-state index in [-0.39, 0.29) is 52.1 Å². The van der Waals surface area contributed by atoms with Crippen LogP contribution in [0, 0.1) is 0 Å². The van der Waals surface area contributed by atoms with Crippen LogP contribution in [-0.2, 0) is 10.1 Å². The monoisotopic (exact) mass is 418 g/mol. The molecule has 0 radical (unpaired) electrons. The summed E-state index contributed by atoms with van der Waals surface area (Å²) in [4.78, 5) is -0.424. The van der Waals surface area contributed by atoms with Gasteiger partial charge in [0.25, 0.3) is 10.1 Å². The van der Waals surface area contributed by atoms with Crippen molar-refractivity contribution in [2.45, 2.75) is 4.90 Å². The van der Waals surface area contributed by atoms with Crippen LogP contribution in [0.2, 0.25) is 0 Å². The van der Waals surface area contributed by atoms with Gasteiger partial charge in [0.05, 0.1) is 0 Å². The Labute approximate surface area is 188 Å². The standard InChI is InChI=1S/C20H14N2O5S.Na.H/c23-16-10-9-12-5-1-2-6-13(12)19(16)21-22-20-15-8-4-3-7-14(15)18(11-17(20)24)28(25,26)27;;/h1-11,23-24H,(H,25,26,27);;. The van der Waals surface area contributed by atoms with Gasteiger partial charge in [-0.2, -0.15) is 8.42 Å². The van der Waals surface area contributed by atoms with Crippen molar-refractivity contribution in [1.82, 2.24) is 0 Å². The third kappa shape index (κ3) is 3.98. The Morgan fingerprint density at radius 2 is 1.24 bits per heavy atom. The first-order valence-corrected chi connectivity index (χ1v) is 9.65. The van der Waals surface area contributed by atoms with Crippen molar-refractivity contribution in [2.75, 3.05) is 0 Å². The van der Waals surface area contributed by atoms with Crippen LogP contribution in [0.15, 0.2) is 81.9 Å². The van der Waals surface area contributed by atoms with E-state index in [0.717, 1.165) is 11.5 Å². The molecule has 3 N–H and O–H groups in total. The molecule has 0 amide bonds. The number of azo groups is 1.